The molecule has 1 heterocycles. The average molecular weight is 294 g/mol. The number of nitro groups is 1. The summed E-state index contributed by atoms with van der Waals surface area (Å²) in [4.78, 5) is 23.6. The number of nitro benzene ring substituents is 1. The van der Waals surface area contributed by atoms with Gasteiger partial charge in [0.05, 0.1) is 12.0 Å². The second kappa shape index (κ2) is 6.53. The van der Waals surface area contributed by atoms with Crippen LogP contribution in [0.1, 0.15) is 24.8 Å². The number of rotatable bonds is 5. The predicted molar refractivity (Wildman–Crippen MR) is 75.3 cm³/mol. The van der Waals surface area contributed by atoms with Crippen LogP contribution in [0.25, 0.3) is 0 Å². The van der Waals surface area contributed by atoms with Crippen LogP contribution in [-0.4, -0.2) is 40.6 Å². The number of hydrogen-bond acceptors (Lipinski definition) is 5. The molecule has 7 nitrogen and oxygen atoms in total. The number of benzene rings is 1. The van der Waals surface area contributed by atoms with Crippen molar-refractivity contribution in [2.45, 2.75) is 31.8 Å². The molecule has 1 fully saturated rings. The molecule has 1 unspecified atom stereocenters. The topological polar surface area (TPSA) is 92.9 Å². The molecule has 1 aromatic carbocycles. The molecular formula is C14H18N2O5. The van der Waals surface area contributed by atoms with Gasteiger partial charge in [-0.25, -0.2) is 0 Å². The third-order valence-electron chi connectivity index (χ3n) is 3.72. The standard InChI is InChI=1S/C14H18N2O5/c1-21-13-6-5-10(8-12(13)16(19)20)9-15-7-3-2-4-11(15)14(17)18/h5-6,8,11H,2-4,7,9H2,1H3,(H,17,18). The van der Waals surface area contributed by atoms with Gasteiger partial charge in [-0.1, -0.05) is 12.5 Å². The molecule has 21 heavy (non-hydrogen) atoms. The smallest absolute Gasteiger partial charge is 0.320 e. The molecule has 7 heteroatoms. The summed E-state index contributed by atoms with van der Waals surface area (Å²) in [5.41, 5.74) is 0.620. The first kappa shape index (κ1) is 15.2. The number of nitrogens with zero attached hydrogens (tertiary/aromatic N) is 2. The van der Waals surface area contributed by atoms with Crippen molar-refractivity contribution in [1.82, 2.24) is 4.90 Å². The quantitative estimate of drug-likeness (QED) is 0.660. The van der Waals surface area contributed by atoms with Crippen molar-refractivity contribution in [3.8, 4) is 5.75 Å². The van der Waals surface area contributed by atoms with Crippen molar-refractivity contribution in [3.63, 3.8) is 0 Å². The van der Waals surface area contributed by atoms with Crippen molar-refractivity contribution in [3.05, 3.63) is 33.9 Å². The Morgan fingerprint density at radius 2 is 2.29 bits per heavy atom. The summed E-state index contributed by atoms with van der Waals surface area (Å²) in [6.07, 6.45) is 2.46. The molecule has 1 aliphatic rings. The highest BCUT2D eigenvalue weighted by atomic mass is 16.6. The minimum absolute atomic E-state index is 0.0983. The van der Waals surface area contributed by atoms with Crippen LogP contribution in [-0.2, 0) is 11.3 Å². The zero-order chi connectivity index (χ0) is 15.4. The Labute approximate surface area is 122 Å². The molecule has 0 spiro atoms. The highest BCUT2D eigenvalue weighted by Crippen LogP contribution is 2.29. The first-order chi connectivity index (χ1) is 10.0. The number of carboxylic acids is 1. The predicted octanol–water partition coefficient (Wildman–Crippen LogP) is 2.04. The molecule has 0 bridgehead atoms. The van der Waals surface area contributed by atoms with Gasteiger partial charge >= 0.3 is 11.7 Å². The SMILES string of the molecule is COc1ccc(CN2CCCCC2C(=O)O)cc1[N+](=O)[O-]. The van der Waals surface area contributed by atoms with Gasteiger partial charge in [0.2, 0.25) is 0 Å². The van der Waals surface area contributed by atoms with E-state index < -0.39 is 16.9 Å². The van der Waals surface area contributed by atoms with Crippen LogP contribution in [0.4, 0.5) is 5.69 Å². The lowest BCUT2D eigenvalue weighted by atomic mass is 10.0. The Kier molecular flexibility index (Phi) is 4.74. The number of ether oxygens (including phenoxy) is 1. The summed E-state index contributed by atoms with van der Waals surface area (Å²) in [6.45, 7) is 1.08. The van der Waals surface area contributed by atoms with Crippen molar-refractivity contribution in [2.24, 2.45) is 0 Å². The van der Waals surface area contributed by atoms with E-state index in [1.54, 1.807) is 12.1 Å². The highest BCUT2D eigenvalue weighted by molar-refractivity contribution is 5.73. The van der Waals surface area contributed by atoms with Crippen molar-refractivity contribution in [1.29, 1.82) is 0 Å². The summed E-state index contributed by atoms with van der Waals surface area (Å²) >= 11 is 0. The minimum atomic E-state index is -0.835. The fourth-order valence-electron chi connectivity index (χ4n) is 2.67. The van der Waals surface area contributed by atoms with Crippen LogP contribution >= 0.6 is 0 Å². The van der Waals surface area contributed by atoms with Crippen molar-refractivity contribution in [2.75, 3.05) is 13.7 Å². The van der Waals surface area contributed by atoms with Gasteiger partial charge in [-0.15, -0.1) is 0 Å². The minimum Gasteiger partial charge on any atom is -0.490 e. The second-order valence-electron chi connectivity index (χ2n) is 5.08. The number of aliphatic carboxylic acids is 1. The fraction of sp³-hybridized carbons (Fsp3) is 0.500. The maximum atomic E-state index is 11.3. The van der Waals surface area contributed by atoms with Gasteiger partial charge in [0.25, 0.3) is 0 Å². The van der Waals surface area contributed by atoms with Crippen molar-refractivity contribution < 1.29 is 19.6 Å². The largest absolute Gasteiger partial charge is 0.490 e. The Balaban J connectivity index is 2.20. The molecule has 0 radical (unpaired) electrons. The van der Waals surface area contributed by atoms with Gasteiger partial charge in [-0.3, -0.25) is 19.8 Å². The van der Waals surface area contributed by atoms with Crippen LogP contribution < -0.4 is 4.74 Å². The number of hydrogen-bond donors (Lipinski definition) is 1. The molecule has 1 aliphatic heterocycles. The van der Waals surface area contributed by atoms with Gasteiger partial charge in [0, 0.05) is 12.6 Å². The Hall–Kier alpha value is -2.15. The Morgan fingerprint density at radius 3 is 2.90 bits per heavy atom. The molecule has 0 aliphatic carbocycles. The van der Waals surface area contributed by atoms with Gasteiger partial charge < -0.3 is 9.84 Å². The lowest BCUT2D eigenvalue weighted by Gasteiger charge is -2.32. The van der Waals surface area contributed by atoms with Crippen LogP contribution in [0.3, 0.4) is 0 Å². The molecule has 1 saturated heterocycles. The highest BCUT2D eigenvalue weighted by Gasteiger charge is 2.28. The molecule has 1 atom stereocenters. The average Bonchev–Trinajstić information content (AvgIpc) is 2.47. The van der Waals surface area contributed by atoms with Gasteiger partial charge in [-0.2, -0.15) is 0 Å². The lowest BCUT2D eigenvalue weighted by molar-refractivity contribution is -0.385. The summed E-state index contributed by atoms with van der Waals surface area (Å²) < 4.78 is 4.96. The maximum absolute atomic E-state index is 11.3. The lowest BCUT2D eigenvalue weighted by Crippen LogP contribution is -2.43. The zero-order valence-electron chi connectivity index (χ0n) is 11.8. The monoisotopic (exact) mass is 294 g/mol. The first-order valence-electron chi connectivity index (χ1n) is 6.81. The van der Waals surface area contributed by atoms with E-state index in [4.69, 9.17) is 4.74 Å². The Bertz CT molecular complexity index is 546. The number of methoxy groups -OCH3 is 1. The fourth-order valence-corrected chi connectivity index (χ4v) is 2.67. The van der Waals surface area contributed by atoms with E-state index in [0.717, 1.165) is 18.4 Å². The zero-order valence-corrected chi connectivity index (χ0v) is 11.8. The molecule has 1 aromatic rings. The summed E-state index contributed by atoms with van der Waals surface area (Å²) in [6, 6.07) is 4.22. The van der Waals surface area contributed by atoms with Crippen LogP contribution in [0.2, 0.25) is 0 Å². The molecule has 0 aromatic heterocycles. The van der Waals surface area contributed by atoms with Gasteiger partial charge in [-0.05, 0) is 31.0 Å². The summed E-state index contributed by atoms with van der Waals surface area (Å²) in [5, 5.41) is 20.3. The van der Waals surface area contributed by atoms with E-state index in [-0.39, 0.29) is 11.4 Å². The summed E-state index contributed by atoms with van der Waals surface area (Å²) in [5.74, 6) is -0.630. The molecule has 2 rings (SSSR count). The third-order valence-corrected chi connectivity index (χ3v) is 3.72. The molecule has 0 saturated carbocycles. The van der Waals surface area contributed by atoms with Crippen molar-refractivity contribution >= 4 is 11.7 Å². The van der Waals surface area contributed by atoms with Crippen LogP contribution in [0.5, 0.6) is 5.75 Å². The molecule has 1 N–H and O–H groups in total. The molecular weight excluding hydrogens is 276 g/mol. The van der Waals surface area contributed by atoms with E-state index in [1.165, 1.54) is 13.2 Å². The van der Waals surface area contributed by atoms with E-state index in [9.17, 15) is 20.0 Å². The summed E-state index contributed by atoms with van der Waals surface area (Å²) in [7, 11) is 1.38. The van der Waals surface area contributed by atoms with E-state index in [1.807, 2.05) is 4.90 Å². The maximum Gasteiger partial charge on any atom is 0.320 e. The van der Waals surface area contributed by atoms with E-state index >= 15 is 0 Å². The number of carbonyl (C=O) groups is 1. The molecule has 0 amide bonds. The van der Waals surface area contributed by atoms with Gasteiger partial charge in [0.1, 0.15) is 6.04 Å². The Morgan fingerprint density at radius 1 is 1.52 bits per heavy atom. The van der Waals surface area contributed by atoms with Crippen LogP contribution in [0.15, 0.2) is 18.2 Å². The van der Waals surface area contributed by atoms with Gasteiger partial charge in [0.15, 0.2) is 5.75 Å². The van der Waals surface area contributed by atoms with Crippen LogP contribution in [0, 0.1) is 10.1 Å². The molecule has 114 valence electrons. The second-order valence-corrected chi connectivity index (χ2v) is 5.08. The number of likely N-dealkylation sites (tertiary alicyclic amines) is 1. The normalized spacial score (nSPS) is 19.2. The number of piperidine rings is 1. The van der Waals surface area contributed by atoms with E-state index in [0.29, 0.717) is 19.5 Å². The first-order valence-corrected chi connectivity index (χ1v) is 6.81. The third kappa shape index (κ3) is 3.49. The van der Waals surface area contributed by atoms with E-state index in [2.05, 4.69) is 0 Å². The number of carboxylic acid groups (broad SMARTS) is 1.